The van der Waals surface area contributed by atoms with Crippen LogP contribution in [0.1, 0.15) is 51.7 Å². The van der Waals surface area contributed by atoms with Crippen molar-refractivity contribution in [2.24, 2.45) is 0 Å². The van der Waals surface area contributed by atoms with Crippen LogP contribution in [0.4, 0.5) is 18.0 Å². The van der Waals surface area contributed by atoms with E-state index in [1.807, 2.05) is 6.92 Å². The van der Waals surface area contributed by atoms with E-state index in [-0.39, 0.29) is 30.8 Å². The fourth-order valence-electron chi connectivity index (χ4n) is 2.77. The summed E-state index contributed by atoms with van der Waals surface area (Å²) in [6, 6.07) is 1.13. The summed E-state index contributed by atoms with van der Waals surface area (Å²) in [4.78, 5) is 13.8. The summed E-state index contributed by atoms with van der Waals surface area (Å²) in [6.07, 6.45) is 1.28. The van der Waals surface area contributed by atoms with Gasteiger partial charge in [-0.25, -0.2) is 9.18 Å². The van der Waals surface area contributed by atoms with E-state index in [2.05, 4.69) is 4.74 Å². The molecule has 1 heterocycles. The Morgan fingerprint density at radius 2 is 1.96 bits per heavy atom. The maximum absolute atomic E-state index is 14.6. The summed E-state index contributed by atoms with van der Waals surface area (Å²) in [7, 11) is 0. The molecule has 0 saturated carbocycles. The quantitative estimate of drug-likeness (QED) is 0.650. The molecule has 0 unspecified atom stereocenters. The van der Waals surface area contributed by atoms with Crippen LogP contribution in [0.15, 0.2) is 6.07 Å². The van der Waals surface area contributed by atoms with Crippen molar-refractivity contribution in [1.29, 1.82) is 0 Å². The Labute approximate surface area is 157 Å². The lowest BCUT2D eigenvalue weighted by Crippen LogP contribution is -2.40. The van der Waals surface area contributed by atoms with Crippen LogP contribution < -0.4 is 9.47 Å². The monoisotopic (exact) mass is 389 g/mol. The minimum Gasteiger partial charge on any atom is -0.493 e. The Morgan fingerprint density at radius 3 is 2.56 bits per heavy atom. The molecule has 1 aliphatic rings. The lowest BCUT2D eigenvalue weighted by molar-refractivity contribution is -0.0524. The van der Waals surface area contributed by atoms with Crippen molar-refractivity contribution in [3.8, 4) is 11.5 Å². The first kappa shape index (κ1) is 21.2. The average molecular weight is 389 g/mol. The predicted molar refractivity (Wildman–Crippen MR) is 93.8 cm³/mol. The predicted octanol–water partition coefficient (Wildman–Crippen LogP) is 4.90. The highest BCUT2D eigenvalue weighted by atomic mass is 19.3. The summed E-state index contributed by atoms with van der Waals surface area (Å²) >= 11 is 0. The van der Waals surface area contributed by atoms with Gasteiger partial charge < -0.3 is 19.1 Å². The molecule has 5 nitrogen and oxygen atoms in total. The molecule has 0 spiro atoms. The molecule has 0 saturated heterocycles. The van der Waals surface area contributed by atoms with Gasteiger partial charge in [-0.3, -0.25) is 0 Å². The largest absolute Gasteiger partial charge is 0.493 e. The number of alkyl halides is 2. The van der Waals surface area contributed by atoms with Crippen molar-refractivity contribution in [1.82, 2.24) is 4.90 Å². The highest BCUT2D eigenvalue weighted by Crippen LogP contribution is 2.37. The van der Waals surface area contributed by atoms with Crippen molar-refractivity contribution in [3.05, 3.63) is 23.0 Å². The maximum Gasteiger partial charge on any atom is 0.410 e. The SMILES string of the molecule is CCCCOc1cc(OC(F)F)c(F)c2c1CN(C(=O)OC(C)(C)C)CC2. The van der Waals surface area contributed by atoms with Gasteiger partial charge in [0.25, 0.3) is 0 Å². The van der Waals surface area contributed by atoms with Gasteiger partial charge in [-0.2, -0.15) is 8.78 Å². The van der Waals surface area contributed by atoms with Gasteiger partial charge >= 0.3 is 12.7 Å². The third-order valence-electron chi connectivity index (χ3n) is 4.01. The van der Waals surface area contributed by atoms with Gasteiger partial charge in [-0.1, -0.05) is 13.3 Å². The van der Waals surface area contributed by atoms with Crippen LogP contribution in [-0.4, -0.2) is 36.4 Å². The van der Waals surface area contributed by atoms with Crippen LogP contribution in [0.5, 0.6) is 11.5 Å². The smallest absolute Gasteiger partial charge is 0.410 e. The van der Waals surface area contributed by atoms with E-state index < -0.39 is 29.9 Å². The number of carbonyl (C=O) groups excluding carboxylic acids is 1. The highest BCUT2D eigenvalue weighted by molar-refractivity contribution is 5.69. The average Bonchev–Trinajstić information content (AvgIpc) is 2.56. The molecule has 2 rings (SSSR count). The number of benzene rings is 1. The number of fused-ring (bicyclic) bond motifs is 1. The minimum atomic E-state index is -3.14. The van der Waals surface area contributed by atoms with Crippen molar-refractivity contribution in [2.45, 2.75) is 65.7 Å². The summed E-state index contributed by atoms with van der Waals surface area (Å²) < 4.78 is 55.2. The van der Waals surface area contributed by atoms with E-state index in [1.54, 1.807) is 20.8 Å². The number of unbranched alkanes of at least 4 members (excludes halogenated alkanes) is 1. The molecule has 0 N–H and O–H groups in total. The van der Waals surface area contributed by atoms with Crippen LogP contribution in [0.25, 0.3) is 0 Å². The molecule has 152 valence electrons. The number of amides is 1. The number of halogens is 3. The first-order valence-corrected chi connectivity index (χ1v) is 9.02. The molecule has 0 fully saturated rings. The lowest BCUT2D eigenvalue weighted by atomic mass is 9.97. The van der Waals surface area contributed by atoms with Crippen LogP contribution >= 0.6 is 0 Å². The number of carbonyl (C=O) groups is 1. The van der Waals surface area contributed by atoms with Crippen molar-refractivity contribution < 1.29 is 32.2 Å². The van der Waals surface area contributed by atoms with Crippen LogP contribution in [-0.2, 0) is 17.7 Å². The first-order valence-electron chi connectivity index (χ1n) is 9.02. The van der Waals surface area contributed by atoms with Crippen molar-refractivity contribution >= 4 is 6.09 Å². The van der Waals surface area contributed by atoms with Gasteiger partial charge in [0.1, 0.15) is 11.4 Å². The van der Waals surface area contributed by atoms with E-state index in [4.69, 9.17) is 9.47 Å². The van der Waals surface area contributed by atoms with E-state index >= 15 is 0 Å². The standard InChI is InChI=1S/C19H26F3NO4/c1-5-6-9-25-14-10-15(26-17(21)22)16(20)12-7-8-23(11-13(12)14)18(24)27-19(2,3)4/h10,17H,5-9,11H2,1-4H3. The van der Waals surface area contributed by atoms with Gasteiger partial charge in [0.15, 0.2) is 11.6 Å². The lowest BCUT2D eigenvalue weighted by Gasteiger charge is -2.32. The summed E-state index contributed by atoms with van der Waals surface area (Å²) in [5.41, 5.74) is 0.0414. The second kappa shape index (κ2) is 8.71. The van der Waals surface area contributed by atoms with Crippen LogP contribution in [0.2, 0.25) is 0 Å². The Bertz CT molecular complexity index is 674. The molecular formula is C19H26F3NO4. The van der Waals surface area contributed by atoms with Gasteiger partial charge in [0.05, 0.1) is 13.2 Å². The Morgan fingerprint density at radius 1 is 1.26 bits per heavy atom. The van der Waals surface area contributed by atoms with Crippen molar-refractivity contribution in [3.63, 3.8) is 0 Å². The number of nitrogens with zero attached hydrogens (tertiary/aromatic N) is 1. The number of rotatable bonds is 6. The fourth-order valence-corrected chi connectivity index (χ4v) is 2.77. The zero-order valence-corrected chi connectivity index (χ0v) is 16.1. The number of ether oxygens (including phenoxy) is 3. The normalized spacial score (nSPS) is 14.1. The molecule has 1 amide bonds. The van der Waals surface area contributed by atoms with E-state index in [1.165, 1.54) is 4.90 Å². The van der Waals surface area contributed by atoms with E-state index in [0.717, 1.165) is 18.9 Å². The van der Waals surface area contributed by atoms with Crippen LogP contribution in [0, 0.1) is 5.82 Å². The first-order chi connectivity index (χ1) is 12.6. The molecule has 0 bridgehead atoms. The molecule has 0 atom stereocenters. The number of hydrogen-bond acceptors (Lipinski definition) is 4. The third-order valence-corrected chi connectivity index (χ3v) is 4.01. The zero-order valence-electron chi connectivity index (χ0n) is 16.1. The molecule has 1 aliphatic heterocycles. The van der Waals surface area contributed by atoms with Crippen molar-refractivity contribution in [2.75, 3.05) is 13.2 Å². The van der Waals surface area contributed by atoms with E-state index in [0.29, 0.717) is 12.2 Å². The molecule has 1 aromatic rings. The zero-order chi connectivity index (χ0) is 20.2. The summed E-state index contributed by atoms with van der Waals surface area (Å²) in [5.74, 6) is -1.12. The minimum absolute atomic E-state index is 0.0809. The highest BCUT2D eigenvalue weighted by Gasteiger charge is 2.31. The Balaban J connectivity index is 2.32. The molecule has 1 aromatic carbocycles. The fraction of sp³-hybridized carbons (Fsp3) is 0.632. The molecule has 0 radical (unpaired) electrons. The number of hydrogen-bond donors (Lipinski definition) is 0. The topological polar surface area (TPSA) is 48.0 Å². The molecular weight excluding hydrogens is 363 g/mol. The second-order valence-electron chi connectivity index (χ2n) is 7.38. The summed E-state index contributed by atoms with van der Waals surface area (Å²) in [6.45, 7) is 4.78. The molecule has 0 aliphatic carbocycles. The van der Waals surface area contributed by atoms with Gasteiger partial charge in [0.2, 0.25) is 0 Å². The maximum atomic E-state index is 14.6. The second-order valence-corrected chi connectivity index (χ2v) is 7.38. The van der Waals surface area contributed by atoms with Gasteiger partial charge in [-0.15, -0.1) is 0 Å². The Hall–Kier alpha value is -2.12. The molecule has 0 aromatic heterocycles. The van der Waals surface area contributed by atoms with Gasteiger partial charge in [0, 0.05) is 23.7 Å². The van der Waals surface area contributed by atoms with Crippen LogP contribution in [0.3, 0.4) is 0 Å². The van der Waals surface area contributed by atoms with Gasteiger partial charge in [-0.05, 0) is 33.6 Å². The molecule has 8 heteroatoms. The third kappa shape index (κ3) is 5.68. The van der Waals surface area contributed by atoms with E-state index in [9.17, 15) is 18.0 Å². The molecule has 27 heavy (non-hydrogen) atoms. The summed E-state index contributed by atoms with van der Waals surface area (Å²) in [5, 5.41) is 0. The Kier molecular flexibility index (Phi) is 6.84.